The Morgan fingerprint density at radius 2 is 2.00 bits per heavy atom. The summed E-state index contributed by atoms with van der Waals surface area (Å²) in [5, 5.41) is 5.98. The summed E-state index contributed by atoms with van der Waals surface area (Å²) >= 11 is 0. The minimum absolute atomic E-state index is 0.0303. The number of nitrogens with one attached hydrogen (secondary N) is 2. The number of hydrogen-bond acceptors (Lipinski definition) is 7. The number of carbonyl (C=O) groups excluding carboxylic acids is 2. The lowest BCUT2D eigenvalue weighted by molar-refractivity contribution is -0.140. The molecular weight excluding hydrogens is 473 g/mol. The van der Waals surface area contributed by atoms with Gasteiger partial charge in [-0.1, -0.05) is 12.8 Å². The Hall–Kier alpha value is -3.27. The molecule has 1 aromatic heterocycles. The van der Waals surface area contributed by atoms with Crippen LogP contribution < -0.4 is 20.4 Å². The van der Waals surface area contributed by atoms with Gasteiger partial charge < -0.3 is 20.4 Å². The van der Waals surface area contributed by atoms with E-state index in [-0.39, 0.29) is 23.7 Å². The highest BCUT2D eigenvalue weighted by atomic mass is 19.1. The molecule has 3 aliphatic heterocycles. The fourth-order valence-electron chi connectivity index (χ4n) is 6.42. The van der Waals surface area contributed by atoms with Gasteiger partial charge in [-0.3, -0.25) is 14.5 Å². The summed E-state index contributed by atoms with van der Waals surface area (Å²) in [6.07, 6.45) is 7.42. The second-order valence-corrected chi connectivity index (χ2v) is 11.1. The average molecular weight is 508 g/mol. The lowest BCUT2D eigenvalue weighted by atomic mass is 9.76. The van der Waals surface area contributed by atoms with Gasteiger partial charge >= 0.3 is 0 Å². The van der Waals surface area contributed by atoms with Gasteiger partial charge in [0.2, 0.25) is 17.8 Å². The van der Waals surface area contributed by atoms with E-state index >= 15 is 4.39 Å². The van der Waals surface area contributed by atoms with Crippen molar-refractivity contribution in [1.82, 2.24) is 20.2 Å². The number of halogens is 1. The molecule has 9 nitrogen and oxygen atoms in total. The Labute approximate surface area is 216 Å². The minimum atomic E-state index is -1.06. The van der Waals surface area contributed by atoms with Crippen molar-refractivity contribution in [2.45, 2.75) is 57.0 Å². The molecule has 0 bridgehead atoms. The molecule has 1 aromatic carbocycles. The molecule has 4 heterocycles. The number of rotatable bonds is 5. The van der Waals surface area contributed by atoms with Crippen LogP contribution in [0.3, 0.4) is 0 Å². The van der Waals surface area contributed by atoms with Gasteiger partial charge in [0.15, 0.2) is 0 Å². The van der Waals surface area contributed by atoms with Gasteiger partial charge in [-0.2, -0.15) is 4.98 Å². The lowest BCUT2D eigenvalue weighted by Crippen LogP contribution is -2.56. The van der Waals surface area contributed by atoms with Gasteiger partial charge in [0.05, 0.1) is 5.69 Å². The van der Waals surface area contributed by atoms with Crippen LogP contribution in [0.2, 0.25) is 0 Å². The van der Waals surface area contributed by atoms with Gasteiger partial charge in [0, 0.05) is 55.6 Å². The maximum atomic E-state index is 15.1. The van der Waals surface area contributed by atoms with E-state index in [0.717, 1.165) is 50.8 Å². The summed E-state index contributed by atoms with van der Waals surface area (Å²) in [7, 11) is 4.11. The van der Waals surface area contributed by atoms with Crippen LogP contribution in [0.4, 0.5) is 27.5 Å². The Kier molecular flexibility index (Phi) is 6.01. The topological polar surface area (TPSA) is 93.7 Å². The molecule has 2 amide bonds. The van der Waals surface area contributed by atoms with Gasteiger partial charge in [0.1, 0.15) is 17.1 Å². The SMILES string of the molecule is CN(C)[C@H]1CCN(c2ccc(Nc3ncc4c(n3)N(C3CCCC3)C(=O)C3(CCNC3=O)C4)cc2F)C1. The summed E-state index contributed by atoms with van der Waals surface area (Å²) in [6, 6.07) is 5.55. The number of likely N-dealkylation sites (N-methyl/N-ethyl adjacent to an activating group) is 1. The van der Waals surface area contributed by atoms with Crippen LogP contribution in [0.15, 0.2) is 24.4 Å². The molecule has 2 saturated heterocycles. The first-order valence-corrected chi connectivity index (χ1v) is 13.3. The first kappa shape index (κ1) is 24.1. The highest BCUT2D eigenvalue weighted by Crippen LogP contribution is 2.44. The fraction of sp³-hybridized carbons (Fsp3) is 0.556. The molecule has 2 atom stereocenters. The number of benzene rings is 1. The van der Waals surface area contributed by atoms with Crippen LogP contribution in [-0.2, 0) is 16.0 Å². The predicted octanol–water partition coefficient (Wildman–Crippen LogP) is 2.84. The molecule has 1 unspecified atom stereocenters. The standard InChI is InChI=1S/C27H34FN7O2/c1-33(2)20-9-12-34(16-20)22-8-7-18(13-21(22)28)31-26-30-15-17-14-27(10-11-29-24(27)36)25(37)35(23(17)32-26)19-5-3-4-6-19/h7-8,13,15,19-20H,3-6,9-12,14,16H2,1-2H3,(H,29,36)(H,30,31,32)/t20-,27?/m0/s1. The van der Waals surface area contributed by atoms with Crippen LogP contribution in [-0.4, -0.2) is 72.5 Å². The maximum absolute atomic E-state index is 15.1. The number of anilines is 4. The van der Waals surface area contributed by atoms with E-state index in [1.165, 1.54) is 6.07 Å². The third-order valence-electron chi connectivity index (χ3n) is 8.59. The predicted molar refractivity (Wildman–Crippen MR) is 140 cm³/mol. The normalized spacial score (nSPS) is 25.9. The van der Waals surface area contributed by atoms with E-state index in [2.05, 4.69) is 39.5 Å². The fourth-order valence-corrected chi connectivity index (χ4v) is 6.42. The van der Waals surface area contributed by atoms with Crippen molar-refractivity contribution in [2.24, 2.45) is 5.41 Å². The van der Waals surface area contributed by atoms with Crippen molar-refractivity contribution in [2.75, 3.05) is 48.8 Å². The largest absolute Gasteiger partial charge is 0.368 e. The lowest BCUT2D eigenvalue weighted by Gasteiger charge is -2.40. The third-order valence-corrected chi connectivity index (χ3v) is 8.59. The molecule has 2 N–H and O–H groups in total. The van der Waals surface area contributed by atoms with Crippen molar-refractivity contribution in [1.29, 1.82) is 0 Å². The number of amides is 2. The second-order valence-electron chi connectivity index (χ2n) is 11.1. The smallest absolute Gasteiger partial charge is 0.244 e. The monoisotopic (exact) mass is 507 g/mol. The Bertz CT molecular complexity index is 1230. The molecule has 4 aliphatic rings. The van der Waals surface area contributed by atoms with Crippen LogP contribution >= 0.6 is 0 Å². The molecule has 37 heavy (non-hydrogen) atoms. The first-order valence-electron chi connectivity index (χ1n) is 13.3. The molecular formula is C27H34FN7O2. The van der Waals surface area contributed by atoms with Crippen LogP contribution in [0.5, 0.6) is 0 Å². The van der Waals surface area contributed by atoms with Crippen molar-refractivity contribution in [3.8, 4) is 0 Å². The zero-order chi connectivity index (χ0) is 25.7. The third kappa shape index (κ3) is 4.11. The van der Waals surface area contributed by atoms with E-state index in [1.807, 2.05) is 6.07 Å². The van der Waals surface area contributed by atoms with Crippen LogP contribution in [0.1, 0.15) is 44.1 Å². The van der Waals surface area contributed by atoms with Gasteiger partial charge in [0.25, 0.3) is 0 Å². The molecule has 0 radical (unpaired) electrons. The van der Waals surface area contributed by atoms with Crippen LogP contribution in [0, 0.1) is 11.2 Å². The van der Waals surface area contributed by atoms with E-state index < -0.39 is 5.41 Å². The Balaban J connectivity index is 1.27. The molecule has 1 spiro atoms. The van der Waals surface area contributed by atoms with Crippen molar-refractivity contribution in [3.63, 3.8) is 0 Å². The van der Waals surface area contributed by atoms with Crippen LogP contribution in [0.25, 0.3) is 0 Å². The molecule has 1 aliphatic carbocycles. The number of hydrogen-bond donors (Lipinski definition) is 2. The number of nitrogens with zero attached hydrogens (tertiary/aromatic N) is 5. The number of aromatic nitrogens is 2. The summed E-state index contributed by atoms with van der Waals surface area (Å²) in [5.74, 6) is 0.243. The van der Waals surface area contributed by atoms with Gasteiger partial charge in [-0.15, -0.1) is 0 Å². The zero-order valence-electron chi connectivity index (χ0n) is 21.5. The van der Waals surface area contributed by atoms with Crippen molar-refractivity contribution >= 4 is 35.0 Å². The van der Waals surface area contributed by atoms with E-state index in [9.17, 15) is 9.59 Å². The van der Waals surface area contributed by atoms with E-state index in [4.69, 9.17) is 4.98 Å². The average Bonchev–Trinajstić information content (AvgIpc) is 3.63. The second kappa shape index (κ2) is 9.24. The molecule has 10 heteroatoms. The Morgan fingerprint density at radius 3 is 2.68 bits per heavy atom. The maximum Gasteiger partial charge on any atom is 0.244 e. The summed E-state index contributed by atoms with van der Waals surface area (Å²) in [6.45, 7) is 2.13. The Morgan fingerprint density at radius 1 is 1.19 bits per heavy atom. The quantitative estimate of drug-likeness (QED) is 0.601. The molecule has 3 fully saturated rings. The summed E-state index contributed by atoms with van der Waals surface area (Å²) in [5.41, 5.74) is 0.888. The number of carbonyl (C=O) groups is 2. The van der Waals surface area contributed by atoms with Gasteiger partial charge in [-0.05, 0) is 58.0 Å². The minimum Gasteiger partial charge on any atom is -0.368 e. The molecule has 6 rings (SSSR count). The highest BCUT2D eigenvalue weighted by molar-refractivity contribution is 6.14. The molecule has 2 aromatic rings. The van der Waals surface area contributed by atoms with Gasteiger partial charge in [-0.25, -0.2) is 9.37 Å². The van der Waals surface area contributed by atoms with E-state index in [1.54, 1.807) is 17.2 Å². The first-order chi connectivity index (χ1) is 17.9. The highest BCUT2D eigenvalue weighted by Gasteiger charge is 2.56. The zero-order valence-corrected chi connectivity index (χ0v) is 21.5. The molecule has 196 valence electrons. The van der Waals surface area contributed by atoms with Crippen molar-refractivity contribution < 1.29 is 14.0 Å². The molecule has 1 saturated carbocycles. The summed E-state index contributed by atoms with van der Waals surface area (Å²) < 4.78 is 15.1. The van der Waals surface area contributed by atoms with E-state index in [0.29, 0.717) is 48.6 Å². The summed E-state index contributed by atoms with van der Waals surface area (Å²) in [4.78, 5) is 41.8. The number of fused-ring (bicyclic) bond motifs is 1. The van der Waals surface area contributed by atoms with Crippen molar-refractivity contribution in [3.05, 3.63) is 35.8 Å².